The quantitative estimate of drug-likeness (QED) is 0.643. The van der Waals surface area contributed by atoms with E-state index in [2.05, 4.69) is 10.5 Å². The molecule has 0 atom stereocenters. The molecule has 2 heterocycles. The van der Waals surface area contributed by atoms with Crippen molar-refractivity contribution in [1.82, 2.24) is 15.0 Å². The van der Waals surface area contributed by atoms with E-state index in [1.165, 1.54) is 0 Å². The Labute approximate surface area is 181 Å². The number of benzene rings is 1. The van der Waals surface area contributed by atoms with Crippen LogP contribution >= 0.6 is 11.6 Å². The number of rotatable bonds is 8. The van der Waals surface area contributed by atoms with Crippen molar-refractivity contribution in [2.75, 3.05) is 44.6 Å². The van der Waals surface area contributed by atoms with E-state index in [1.807, 2.05) is 28.9 Å². The maximum Gasteiger partial charge on any atom is 0.239 e. The first-order chi connectivity index (χ1) is 14.4. The molecule has 0 aliphatic carbocycles. The Hall–Kier alpha value is -2.58. The van der Waals surface area contributed by atoms with E-state index in [-0.39, 0.29) is 18.4 Å². The van der Waals surface area contributed by atoms with Gasteiger partial charge in [0.25, 0.3) is 0 Å². The number of carbonyl (C=O) groups is 2. The molecular formula is C21H27ClN4O4. The highest BCUT2D eigenvalue weighted by Gasteiger charge is 2.22. The van der Waals surface area contributed by atoms with Crippen molar-refractivity contribution in [3.05, 3.63) is 40.6 Å². The number of aromatic nitrogens is 1. The number of amides is 2. The Morgan fingerprint density at radius 3 is 2.63 bits per heavy atom. The van der Waals surface area contributed by atoms with Crippen LogP contribution in [0, 0.1) is 13.8 Å². The zero-order chi connectivity index (χ0) is 21.5. The van der Waals surface area contributed by atoms with Gasteiger partial charge in [-0.05, 0) is 44.0 Å². The van der Waals surface area contributed by atoms with Crippen LogP contribution in [-0.2, 0) is 9.59 Å². The number of hydrogen-bond acceptors (Lipinski definition) is 6. The smallest absolute Gasteiger partial charge is 0.239 e. The van der Waals surface area contributed by atoms with Gasteiger partial charge in [-0.15, -0.1) is 0 Å². The summed E-state index contributed by atoms with van der Waals surface area (Å²) in [7, 11) is 0. The second-order valence-electron chi connectivity index (χ2n) is 7.39. The molecule has 1 aliphatic heterocycles. The normalized spacial score (nSPS) is 14.6. The van der Waals surface area contributed by atoms with Gasteiger partial charge in [-0.2, -0.15) is 0 Å². The zero-order valence-electron chi connectivity index (χ0n) is 17.3. The van der Waals surface area contributed by atoms with Crippen LogP contribution in [0.4, 0.5) is 5.82 Å². The lowest BCUT2D eigenvalue weighted by molar-refractivity contribution is -0.133. The second kappa shape index (κ2) is 10.4. The Morgan fingerprint density at radius 1 is 1.20 bits per heavy atom. The SMILES string of the molecule is Cc1cc(NC(=O)CN2CCN(C(=O)CCCOc3ccc(Cl)cc3C)CC2)no1. The van der Waals surface area contributed by atoms with Crippen LogP contribution in [-0.4, -0.2) is 66.1 Å². The van der Waals surface area contributed by atoms with Crippen LogP contribution in [0.3, 0.4) is 0 Å². The molecule has 0 unspecified atom stereocenters. The van der Waals surface area contributed by atoms with Gasteiger partial charge in [0.15, 0.2) is 5.82 Å². The van der Waals surface area contributed by atoms with E-state index in [9.17, 15) is 9.59 Å². The molecule has 0 radical (unpaired) electrons. The molecule has 2 aromatic rings. The molecule has 1 N–H and O–H groups in total. The van der Waals surface area contributed by atoms with Gasteiger partial charge in [-0.3, -0.25) is 14.5 Å². The van der Waals surface area contributed by atoms with Crippen LogP contribution in [0.1, 0.15) is 24.2 Å². The number of hydrogen-bond donors (Lipinski definition) is 1. The highest BCUT2D eigenvalue weighted by Crippen LogP contribution is 2.22. The van der Waals surface area contributed by atoms with Gasteiger partial charge >= 0.3 is 0 Å². The summed E-state index contributed by atoms with van der Waals surface area (Å²) in [6, 6.07) is 7.17. The Bertz CT molecular complexity index is 878. The molecule has 2 amide bonds. The van der Waals surface area contributed by atoms with Crippen molar-refractivity contribution in [2.24, 2.45) is 0 Å². The molecule has 30 heavy (non-hydrogen) atoms. The van der Waals surface area contributed by atoms with Crippen molar-refractivity contribution in [2.45, 2.75) is 26.7 Å². The molecule has 1 saturated heterocycles. The summed E-state index contributed by atoms with van der Waals surface area (Å²) in [5, 5.41) is 7.15. The molecule has 1 aromatic carbocycles. The van der Waals surface area contributed by atoms with E-state index in [0.29, 0.717) is 62.2 Å². The molecule has 0 spiro atoms. The molecule has 1 aromatic heterocycles. The minimum absolute atomic E-state index is 0.119. The third-order valence-corrected chi connectivity index (χ3v) is 5.15. The Kier molecular flexibility index (Phi) is 7.70. The number of anilines is 1. The fourth-order valence-electron chi connectivity index (χ4n) is 3.30. The molecule has 162 valence electrons. The highest BCUT2D eigenvalue weighted by atomic mass is 35.5. The first kappa shape index (κ1) is 22.1. The molecule has 1 fully saturated rings. The van der Waals surface area contributed by atoms with E-state index in [0.717, 1.165) is 11.3 Å². The average Bonchev–Trinajstić information content (AvgIpc) is 3.11. The number of nitrogens with zero attached hydrogens (tertiary/aromatic N) is 3. The summed E-state index contributed by atoms with van der Waals surface area (Å²) in [5.41, 5.74) is 0.979. The molecule has 0 bridgehead atoms. The minimum atomic E-state index is -0.141. The third-order valence-electron chi connectivity index (χ3n) is 4.92. The van der Waals surface area contributed by atoms with Gasteiger partial charge in [0, 0.05) is 43.7 Å². The highest BCUT2D eigenvalue weighted by molar-refractivity contribution is 6.30. The fourth-order valence-corrected chi connectivity index (χ4v) is 3.53. The van der Waals surface area contributed by atoms with Crippen LogP contribution in [0.15, 0.2) is 28.8 Å². The molecular weight excluding hydrogens is 408 g/mol. The van der Waals surface area contributed by atoms with Crippen LogP contribution < -0.4 is 10.1 Å². The summed E-state index contributed by atoms with van der Waals surface area (Å²) >= 11 is 5.94. The van der Waals surface area contributed by atoms with E-state index in [1.54, 1.807) is 19.1 Å². The minimum Gasteiger partial charge on any atom is -0.493 e. The predicted octanol–water partition coefficient (Wildman–Crippen LogP) is 2.89. The monoisotopic (exact) mass is 434 g/mol. The molecule has 9 heteroatoms. The summed E-state index contributed by atoms with van der Waals surface area (Å²) in [6.07, 6.45) is 1.10. The van der Waals surface area contributed by atoms with E-state index < -0.39 is 0 Å². The summed E-state index contributed by atoms with van der Waals surface area (Å²) < 4.78 is 10.7. The maximum atomic E-state index is 12.4. The zero-order valence-corrected chi connectivity index (χ0v) is 18.1. The molecule has 0 saturated carbocycles. The van der Waals surface area contributed by atoms with Gasteiger partial charge in [-0.25, -0.2) is 0 Å². The molecule has 3 rings (SSSR count). The summed E-state index contributed by atoms with van der Waals surface area (Å²) in [4.78, 5) is 28.4. The predicted molar refractivity (Wildman–Crippen MR) is 114 cm³/mol. The lowest BCUT2D eigenvalue weighted by Gasteiger charge is -2.34. The number of piperazine rings is 1. The van der Waals surface area contributed by atoms with Crippen LogP contribution in [0.25, 0.3) is 0 Å². The topological polar surface area (TPSA) is 87.9 Å². The van der Waals surface area contributed by atoms with Gasteiger partial charge in [-0.1, -0.05) is 16.8 Å². The van der Waals surface area contributed by atoms with Gasteiger partial charge in [0.2, 0.25) is 11.8 Å². The van der Waals surface area contributed by atoms with Crippen LogP contribution in [0.5, 0.6) is 5.75 Å². The average molecular weight is 435 g/mol. The van der Waals surface area contributed by atoms with Crippen molar-refractivity contribution >= 4 is 29.2 Å². The Morgan fingerprint density at radius 2 is 1.97 bits per heavy atom. The van der Waals surface area contributed by atoms with Crippen molar-refractivity contribution in [3.63, 3.8) is 0 Å². The standard InChI is InChI=1S/C21H27ClN4O4/c1-15-12-17(22)5-6-18(15)29-11-3-4-21(28)26-9-7-25(8-10-26)14-20(27)23-19-13-16(2)30-24-19/h5-6,12-13H,3-4,7-11,14H2,1-2H3,(H,23,24,27). The van der Waals surface area contributed by atoms with E-state index in [4.69, 9.17) is 20.9 Å². The first-order valence-corrected chi connectivity index (χ1v) is 10.4. The Balaban J connectivity index is 1.32. The van der Waals surface area contributed by atoms with Crippen molar-refractivity contribution in [3.8, 4) is 5.75 Å². The number of aryl methyl sites for hydroxylation is 2. The van der Waals surface area contributed by atoms with Gasteiger partial charge in [0.05, 0.1) is 13.2 Å². The van der Waals surface area contributed by atoms with Crippen LogP contribution in [0.2, 0.25) is 5.02 Å². The lowest BCUT2D eigenvalue weighted by Crippen LogP contribution is -2.50. The van der Waals surface area contributed by atoms with E-state index >= 15 is 0 Å². The number of nitrogens with one attached hydrogen (secondary N) is 1. The number of halogens is 1. The van der Waals surface area contributed by atoms with Crippen molar-refractivity contribution < 1.29 is 18.8 Å². The first-order valence-electron chi connectivity index (χ1n) is 10.0. The second-order valence-corrected chi connectivity index (χ2v) is 7.83. The fraction of sp³-hybridized carbons (Fsp3) is 0.476. The summed E-state index contributed by atoms with van der Waals surface area (Å²) in [6.45, 7) is 7.02. The van der Waals surface area contributed by atoms with Gasteiger partial charge < -0.3 is 19.5 Å². The molecule has 1 aliphatic rings. The lowest BCUT2D eigenvalue weighted by atomic mass is 10.2. The third kappa shape index (κ3) is 6.47. The molecule has 8 nitrogen and oxygen atoms in total. The number of carbonyl (C=O) groups excluding carboxylic acids is 2. The maximum absolute atomic E-state index is 12.4. The van der Waals surface area contributed by atoms with Gasteiger partial charge in [0.1, 0.15) is 11.5 Å². The van der Waals surface area contributed by atoms with Crippen molar-refractivity contribution in [1.29, 1.82) is 0 Å². The largest absolute Gasteiger partial charge is 0.493 e. The summed E-state index contributed by atoms with van der Waals surface area (Å²) in [5.74, 6) is 1.83. The number of ether oxygens (including phenoxy) is 1.